The van der Waals surface area contributed by atoms with Gasteiger partial charge in [0.25, 0.3) is 5.91 Å². The molecule has 1 saturated heterocycles. The molecule has 1 aromatic heterocycles. The summed E-state index contributed by atoms with van der Waals surface area (Å²) in [6.07, 6.45) is 1.94. The van der Waals surface area contributed by atoms with Crippen LogP contribution in [0.15, 0.2) is 10.7 Å². The number of rotatable bonds is 4. The van der Waals surface area contributed by atoms with Gasteiger partial charge >= 0.3 is 0 Å². The second kappa shape index (κ2) is 5.75. The molecule has 0 spiro atoms. The zero-order chi connectivity index (χ0) is 14.0. The number of hydrogen-bond donors (Lipinski definition) is 2. The van der Waals surface area contributed by atoms with Crippen LogP contribution in [0.5, 0.6) is 0 Å². The third-order valence-electron chi connectivity index (χ3n) is 3.00. The Bertz CT molecular complexity index is 486. The number of thioether (sulfide) groups is 1. The molecule has 0 aliphatic carbocycles. The largest absolute Gasteiger partial charge is 0.446 e. The molecule has 1 fully saturated rings. The Balaban J connectivity index is 2.02. The summed E-state index contributed by atoms with van der Waals surface area (Å²) in [5.41, 5.74) is 6.05. The highest BCUT2D eigenvalue weighted by Crippen LogP contribution is 2.21. The average Bonchev–Trinajstić information content (AvgIpc) is 2.98. The standard InChI is InChI=1S/C12H17N3O3S/c1-6(2)9(13)11-15-8(5-18-11)10(16)14-7-3-4-19-12(7)17/h5-7,9H,3-4,13H2,1-2H3,(H,14,16). The van der Waals surface area contributed by atoms with Crippen molar-refractivity contribution in [2.45, 2.75) is 32.4 Å². The van der Waals surface area contributed by atoms with Crippen molar-refractivity contribution in [3.63, 3.8) is 0 Å². The molecule has 0 radical (unpaired) electrons. The third-order valence-corrected chi connectivity index (χ3v) is 4.01. The van der Waals surface area contributed by atoms with Gasteiger partial charge in [-0.3, -0.25) is 9.59 Å². The zero-order valence-corrected chi connectivity index (χ0v) is 11.7. The number of nitrogens with one attached hydrogen (secondary N) is 1. The Hall–Kier alpha value is -1.34. The summed E-state index contributed by atoms with van der Waals surface area (Å²) >= 11 is 1.24. The molecule has 1 aromatic rings. The molecule has 2 unspecified atom stereocenters. The number of amides is 1. The van der Waals surface area contributed by atoms with Crippen LogP contribution in [0, 0.1) is 5.92 Å². The minimum atomic E-state index is -0.420. The summed E-state index contributed by atoms with van der Waals surface area (Å²) in [7, 11) is 0. The average molecular weight is 283 g/mol. The molecular weight excluding hydrogens is 266 g/mol. The molecule has 1 aliphatic heterocycles. The molecule has 0 saturated carbocycles. The van der Waals surface area contributed by atoms with E-state index in [4.69, 9.17) is 10.2 Å². The lowest BCUT2D eigenvalue weighted by atomic mass is 10.1. The molecule has 0 aromatic carbocycles. The molecule has 104 valence electrons. The molecule has 2 atom stereocenters. The highest BCUT2D eigenvalue weighted by atomic mass is 32.2. The fourth-order valence-corrected chi connectivity index (χ4v) is 2.62. The molecule has 2 rings (SSSR count). The Morgan fingerprint density at radius 2 is 2.37 bits per heavy atom. The fraction of sp³-hybridized carbons (Fsp3) is 0.583. The maximum Gasteiger partial charge on any atom is 0.273 e. The van der Waals surface area contributed by atoms with Gasteiger partial charge in [0, 0.05) is 5.75 Å². The van der Waals surface area contributed by atoms with E-state index in [-0.39, 0.29) is 22.8 Å². The normalized spacial score (nSPS) is 20.8. The molecular formula is C12H17N3O3S. The summed E-state index contributed by atoms with van der Waals surface area (Å²) in [4.78, 5) is 27.4. The van der Waals surface area contributed by atoms with E-state index in [1.54, 1.807) is 0 Å². The van der Waals surface area contributed by atoms with Crippen LogP contribution >= 0.6 is 11.8 Å². The summed E-state index contributed by atoms with van der Waals surface area (Å²) in [5.74, 6) is 0.855. The fourth-order valence-electron chi connectivity index (χ4n) is 1.69. The van der Waals surface area contributed by atoms with Crippen LogP contribution < -0.4 is 11.1 Å². The second-order valence-corrected chi connectivity index (χ2v) is 5.92. The van der Waals surface area contributed by atoms with E-state index in [0.29, 0.717) is 12.3 Å². The first kappa shape index (κ1) is 14.1. The van der Waals surface area contributed by atoms with E-state index < -0.39 is 11.9 Å². The number of aromatic nitrogens is 1. The summed E-state index contributed by atoms with van der Waals surface area (Å²) in [5, 5.41) is 2.65. The lowest BCUT2D eigenvalue weighted by Crippen LogP contribution is -2.37. The summed E-state index contributed by atoms with van der Waals surface area (Å²) < 4.78 is 5.21. The SMILES string of the molecule is CC(C)C(N)c1nc(C(=O)NC2CCSC2=O)co1. The van der Waals surface area contributed by atoms with E-state index in [0.717, 1.165) is 5.75 Å². The van der Waals surface area contributed by atoms with Gasteiger partial charge in [-0.05, 0) is 12.3 Å². The van der Waals surface area contributed by atoms with E-state index in [2.05, 4.69) is 10.3 Å². The number of carbonyl (C=O) groups is 2. The van der Waals surface area contributed by atoms with Crippen molar-refractivity contribution < 1.29 is 14.0 Å². The van der Waals surface area contributed by atoms with Gasteiger partial charge in [-0.2, -0.15) is 0 Å². The zero-order valence-electron chi connectivity index (χ0n) is 10.9. The van der Waals surface area contributed by atoms with Crippen molar-refractivity contribution in [3.05, 3.63) is 17.8 Å². The minimum absolute atomic E-state index is 0.00375. The van der Waals surface area contributed by atoms with Gasteiger partial charge in [-0.15, -0.1) is 0 Å². The topological polar surface area (TPSA) is 98.2 Å². The van der Waals surface area contributed by atoms with Crippen LogP contribution in [-0.2, 0) is 4.79 Å². The van der Waals surface area contributed by atoms with Gasteiger partial charge in [-0.1, -0.05) is 25.6 Å². The Kier molecular flexibility index (Phi) is 4.26. The van der Waals surface area contributed by atoms with Crippen molar-refractivity contribution in [1.29, 1.82) is 0 Å². The predicted octanol–water partition coefficient (Wildman–Crippen LogP) is 1.09. The van der Waals surface area contributed by atoms with Crippen molar-refractivity contribution in [3.8, 4) is 0 Å². The maximum absolute atomic E-state index is 11.9. The van der Waals surface area contributed by atoms with Crippen LogP contribution in [-0.4, -0.2) is 27.8 Å². The molecule has 3 N–H and O–H groups in total. The predicted molar refractivity (Wildman–Crippen MR) is 71.6 cm³/mol. The summed E-state index contributed by atoms with van der Waals surface area (Å²) in [6.45, 7) is 3.89. The van der Waals surface area contributed by atoms with Gasteiger partial charge in [0.05, 0.1) is 12.1 Å². The van der Waals surface area contributed by atoms with Gasteiger partial charge in [0.15, 0.2) is 5.69 Å². The molecule has 1 aliphatic rings. The van der Waals surface area contributed by atoms with Crippen molar-refractivity contribution in [1.82, 2.24) is 10.3 Å². The first-order chi connectivity index (χ1) is 8.99. The lowest BCUT2D eigenvalue weighted by molar-refractivity contribution is -0.112. The molecule has 0 bridgehead atoms. The molecule has 2 heterocycles. The van der Waals surface area contributed by atoms with E-state index in [9.17, 15) is 9.59 Å². The van der Waals surface area contributed by atoms with Gasteiger partial charge in [0.1, 0.15) is 6.26 Å². The minimum Gasteiger partial charge on any atom is -0.446 e. The Morgan fingerprint density at radius 1 is 1.63 bits per heavy atom. The smallest absolute Gasteiger partial charge is 0.273 e. The number of nitrogens with two attached hydrogens (primary N) is 1. The monoisotopic (exact) mass is 283 g/mol. The number of oxazole rings is 1. The lowest BCUT2D eigenvalue weighted by Gasteiger charge is -2.10. The van der Waals surface area contributed by atoms with Crippen molar-refractivity contribution in [2.75, 3.05) is 5.75 Å². The van der Waals surface area contributed by atoms with Crippen LogP contribution in [0.4, 0.5) is 0 Å². The van der Waals surface area contributed by atoms with Crippen molar-refractivity contribution in [2.24, 2.45) is 11.7 Å². The number of nitrogens with zero attached hydrogens (tertiary/aromatic N) is 1. The van der Waals surface area contributed by atoms with Crippen LogP contribution in [0.25, 0.3) is 0 Å². The van der Waals surface area contributed by atoms with Gasteiger partial charge in [0.2, 0.25) is 11.0 Å². The Labute approximate surface area is 115 Å². The molecule has 6 nitrogen and oxygen atoms in total. The third kappa shape index (κ3) is 3.16. The number of carbonyl (C=O) groups excluding carboxylic acids is 2. The van der Waals surface area contributed by atoms with E-state index >= 15 is 0 Å². The van der Waals surface area contributed by atoms with E-state index in [1.165, 1.54) is 18.0 Å². The first-order valence-electron chi connectivity index (χ1n) is 6.17. The van der Waals surface area contributed by atoms with Crippen LogP contribution in [0.2, 0.25) is 0 Å². The molecule has 7 heteroatoms. The van der Waals surface area contributed by atoms with Gasteiger partial charge < -0.3 is 15.5 Å². The molecule has 19 heavy (non-hydrogen) atoms. The Morgan fingerprint density at radius 3 is 2.95 bits per heavy atom. The van der Waals surface area contributed by atoms with Crippen LogP contribution in [0.3, 0.4) is 0 Å². The quantitative estimate of drug-likeness (QED) is 0.858. The van der Waals surface area contributed by atoms with E-state index in [1.807, 2.05) is 13.8 Å². The second-order valence-electron chi connectivity index (χ2n) is 4.82. The van der Waals surface area contributed by atoms with Crippen LogP contribution in [0.1, 0.15) is 42.7 Å². The highest BCUT2D eigenvalue weighted by Gasteiger charge is 2.28. The summed E-state index contributed by atoms with van der Waals surface area (Å²) in [6, 6.07) is -0.762. The van der Waals surface area contributed by atoms with Crippen molar-refractivity contribution >= 4 is 22.8 Å². The number of hydrogen-bond acceptors (Lipinski definition) is 6. The first-order valence-corrected chi connectivity index (χ1v) is 7.16. The maximum atomic E-state index is 11.9. The molecule has 1 amide bonds. The van der Waals surface area contributed by atoms with Gasteiger partial charge in [-0.25, -0.2) is 4.98 Å². The highest BCUT2D eigenvalue weighted by molar-refractivity contribution is 8.14.